The Balaban J connectivity index is 3.07. The van der Waals surface area contributed by atoms with Gasteiger partial charge in [0, 0.05) is 11.6 Å². The Bertz CT molecular complexity index is 604. The summed E-state index contributed by atoms with van der Waals surface area (Å²) in [5, 5.41) is 2.82. The average molecular weight is 335 g/mol. The lowest BCUT2D eigenvalue weighted by molar-refractivity contribution is -0.122. The Morgan fingerprint density at radius 1 is 1.38 bits per heavy atom. The summed E-state index contributed by atoms with van der Waals surface area (Å²) < 4.78 is 32.3. The molecule has 1 rings (SSSR count). The largest absolute Gasteiger partial charge is 0.492 e. The standard InChI is InChI=1S/C13H19ClN2O4S/c1-4-15-13(17)9(3)16-21(18,19)12-8-10(14)6-7-11(12)20-5-2/h6-9,16H,4-5H2,1-3H3,(H,15,17). The molecule has 0 saturated carbocycles. The minimum atomic E-state index is -3.92. The molecule has 0 heterocycles. The molecule has 2 N–H and O–H groups in total. The molecule has 0 bridgehead atoms. The summed E-state index contributed by atoms with van der Waals surface area (Å²) in [6.45, 7) is 5.70. The van der Waals surface area contributed by atoms with Crippen molar-refractivity contribution >= 4 is 27.5 Å². The van der Waals surface area contributed by atoms with Gasteiger partial charge < -0.3 is 10.1 Å². The van der Waals surface area contributed by atoms with E-state index < -0.39 is 22.0 Å². The highest BCUT2D eigenvalue weighted by Gasteiger charge is 2.25. The van der Waals surface area contributed by atoms with Crippen LogP contribution in [-0.4, -0.2) is 33.5 Å². The molecule has 6 nitrogen and oxygen atoms in total. The molecule has 8 heteroatoms. The molecule has 0 spiro atoms. The molecule has 0 aliphatic carbocycles. The third-order valence-electron chi connectivity index (χ3n) is 2.57. The van der Waals surface area contributed by atoms with E-state index >= 15 is 0 Å². The second-order valence-corrected chi connectivity index (χ2v) is 6.38. The molecule has 0 radical (unpaired) electrons. The summed E-state index contributed by atoms with van der Waals surface area (Å²) in [6, 6.07) is 3.42. The van der Waals surface area contributed by atoms with Crippen molar-refractivity contribution in [3.8, 4) is 5.75 Å². The third kappa shape index (κ3) is 4.87. The molecule has 0 aliphatic heterocycles. The van der Waals surface area contributed by atoms with Crippen LogP contribution in [-0.2, 0) is 14.8 Å². The molecular weight excluding hydrogens is 316 g/mol. The molecule has 0 aromatic heterocycles. The van der Waals surface area contributed by atoms with Crippen molar-refractivity contribution in [1.82, 2.24) is 10.0 Å². The number of amides is 1. The molecule has 0 saturated heterocycles. The third-order valence-corrected chi connectivity index (χ3v) is 4.37. The van der Waals surface area contributed by atoms with E-state index in [1.54, 1.807) is 19.9 Å². The number of hydrogen-bond acceptors (Lipinski definition) is 4. The molecule has 0 aliphatic rings. The lowest BCUT2D eigenvalue weighted by Gasteiger charge is -2.16. The van der Waals surface area contributed by atoms with E-state index in [0.717, 1.165) is 0 Å². The van der Waals surface area contributed by atoms with Gasteiger partial charge in [0.2, 0.25) is 15.9 Å². The van der Waals surface area contributed by atoms with Crippen LogP contribution in [0.5, 0.6) is 5.75 Å². The fourth-order valence-electron chi connectivity index (χ4n) is 1.64. The first-order valence-corrected chi connectivity index (χ1v) is 8.40. The first kappa shape index (κ1) is 17.7. The van der Waals surface area contributed by atoms with Gasteiger partial charge in [-0.3, -0.25) is 4.79 Å². The van der Waals surface area contributed by atoms with Crippen LogP contribution in [0.2, 0.25) is 5.02 Å². The number of likely N-dealkylation sites (N-methyl/N-ethyl adjacent to an activating group) is 1. The van der Waals surface area contributed by atoms with Crippen LogP contribution in [0.3, 0.4) is 0 Å². The zero-order valence-corrected chi connectivity index (χ0v) is 13.7. The predicted molar refractivity (Wildman–Crippen MR) is 81.1 cm³/mol. The number of hydrogen-bond donors (Lipinski definition) is 2. The molecule has 1 unspecified atom stereocenters. The number of carbonyl (C=O) groups excluding carboxylic acids is 1. The van der Waals surface area contributed by atoms with Crippen LogP contribution < -0.4 is 14.8 Å². The maximum absolute atomic E-state index is 12.4. The minimum Gasteiger partial charge on any atom is -0.492 e. The highest BCUT2D eigenvalue weighted by molar-refractivity contribution is 7.89. The van der Waals surface area contributed by atoms with E-state index in [1.807, 2.05) is 0 Å². The second-order valence-electron chi connectivity index (χ2n) is 4.26. The molecule has 0 fully saturated rings. The van der Waals surface area contributed by atoms with Gasteiger partial charge in [-0.15, -0.1) is 0 Å². The quantitative estimate of drug-likeness (QED) is 0.792. The van der Waals surface area contributed by atoms with Gasteiger partial charge in [0.05, 0.1) is 12.6 Å². The molecule has 1 atom stereocenters. The fourth-order valence-corrected chi connectivity index (χ4v) is 3.25. The van der Waals surface area contributed by atoms with Crippen LogP contribution in [0.15, 0.2) is 23.1 Å². The summed E-state index contributed by atoms with van der Waals surface area (Å²) in [7, 11) is -3.92. The molecule has 118 valence electrons. The van der Waals surface area contributed by atoms with Crippen LogP contribution in [0.25, 0.3) is 0 Å². The molecular formula is C13H19ClN2O4S. The summed E-state index contributed by atoms with van der Waals surface area (Å²) in [5.41, 5.74) is 0. The Kier molecular flexibility index (Phi) is 6.44. The summed E-state index contributed by atoms with van der Waals surface area (Å²) >= 11 is 5.84. The van der Waals surface area contributed by atoms with Crippen LogP contribution in [0, 0.1) is 0 Å². The Morgan fingerprint density at radius 3 is 2.62 bits per heavy atom. The number of sulfonamides is 1. The van der Waals surface area contributed by atoms with Gasteiger partial charge >= 0.3 is 0 Å². The van der Waals surface area contributed by atoms with Gasteiger partial charge in [-0.05, 0) is 39.0 Å². The van der Waals surface area contributed by atoms with Gasteiger partial charge in [0.15, 0.2) is 0 Å². The van der Waals surface area contributed by atoms with Crippen molar-refractivity contribution in [3.63, 3.8) is 0 Å². The summed E-state index contributed by atoms with van der Waals surface area (Å²) in [4.78, 5) is 11.5. The molecule has 21 heavy (non-hydrogen) atoms. The smallest absolute Gasteiger partial charge is 0.245 e. The highest BCUT2D eigenvalue weighted by atomic mass is 35.5. The summed E-state index contributed by atoms with van der Waals surface area (Å²) in [5.74, 6) is -0.210. The summed E-state index contributed by atoms with van der Waals surface area (Å²) in [6.07, 6.45) is 0. The minimum absolute atomic E-state index is 0.0898. The van der Waals surface area contributed by atoms with Crippen molar-refractivity contribution in [2.45, 2.75) is 31.7 Å². The van der Waals surface area contributed by atoms with Crippen molar-refractivity contribution in [2.75, 3.05) is 13.2 Å². The molecule has 1 amide bonds. The normalized spacial score (nSPS) is 12.8. The van der Waals surface area contributed by atoms with Gasteiger partial charge in [0.1, 0.15) is 10.6 Å². The van der Waals surface area contributed by atoms with Crippen LogP contribution in [0.4, 0.5) is 0 Å². The fraction of sp³-hybridized carbons (Fsp3) is 0.462. The van der Waals surface area contributed by atoms with Gasteiger partial charge in [0.25, 0.3) is 0 Å². The van der Waals surface area contributed by atoms with Crippen molar-refractivity contribution in [1.29, 1.82) is 0 Å². The second kappa shape index (κ2) is 7.63. The Morgan fingerprint density at radius 2 is 2.05 bits per heavy atom. The van der Waals surface area contributed by atoms with Crippen LogP contribution >= 0.6 is 11.6 Å². The van der Waals surface area contributed by atoms with Crippen LogP contribution in [0.1, 0.15) is 20.8 Å². The van der Waals surface area contributed by atoms with E-state index in [1.165, 1.54) is 19.1 Å². The van der Waals surface area contributed by atoms with E-state index in [9.17, 15) is 13.2 Å². The van der Waals surface area contributed by atoms with Gasteiger partial charge in [-0.1, -0.05) is 11.6 Å². The first-order valence-electron chi connectivity index (χ1n) is 6.54. The SMILES string of the molecule is CCNC(=O)C(C)NS(=O)(=O)c1cc(Cl)ccc1OCC. The predicted octanol–water partition coefficient (Wildman–Crippen LogP) is 1.54. The van der Waals surface area contributed by atoms with E-state index in [2.05, 4.69) is 10.0 Å². The van der Waals surface area contributed by atoms with Gasteiger partial charge in [-0.25, -0.2) is 8.42 Å². The number of halogens is 1. The van der Waals surface area contributed by atoms with E-state index in [-0.39, 0.29) is 15.7 Å². The zero-order chi connectivity index (χ0) is 16.0. The van der Waals surface area contributed by atoms with Crippen molar-refractivity contribution < 1.29 is 17.9 Å². The van der Waals surface area contributed by atoms with E-state index in [0.29, 0.717) is 13.2 Å². The number of carbonyl (C=O) groups is 1. The monoisotopic (exact) mass is 334 g/mol. The zero-order valence-electron chi connectivity index (χ0n) is 12.1. The Hall–Kier alpha value is -1.31. The number of rotatable bonds is 7. The van der Waals surface area contributed by atoms with Gasteiger partial charge in [-0.2, -0.15) is 4.72 Å². The number of nitrogens with one attached hydrogen (secondary N) is 2. The lowest BCUT2D eigenvalue weighted by atomic mass is 10.3. The topological polar surface area (TPSA) is 84.5 Å². The molecule has 1 aromatic rings. The average Bonchev–Trinajstić information content (AvgIpc) is 2.40. The first-order chi connectivity index (χ1) is 9.81. The Labute approximate surface area is 129 Å². The maximum atomic E-state index is 12.4. The lowest BCUT2D eigenvalue weighted by Crippen LogP contribution is -2.44. The number of benzene rings is 1. The highest BCUT2D eigenvalue weighted by Crippen LogP contribution is 2.27. The maximum Gasteiger partial charge on any atom is 0.245 e. The van der Waals surface area contributed by atoms with Crippen molar-refractivity contribution in [2.24, 2.45) is 0 Å². The van der Waals surface area contributed by atoms with Crippen molar-refractivity contribution in [3.05, 3.63) is 23.2 Å². The van der Waals surface area contributed by atoms with E-state index in [4.69, 9.17) is 16.3 Å². The molecule has 1 aromatic carbocycles. The number of ether oxygens (including phenoxy) is 1.